The number of hydrogen-bond acceptors (Lipinski definition) is 4. The molecule has 0 aromatic carbocycles. The Kier molecular flexibility index (Phi) is 4.23. The fourth-order valence-corrected chi connectivity index (χ4v) is 1.98. The molecule has 1 aliphatic heterocycles. The van der Waals surface area contributed by atoms with E-state index in [4.69, 9.17) is 5.73 Å². The summed E-state index contributed by atoms with van der Waals surface area (Å²) in [6.45, 7) is 4.74. The number of nitrogens with one attached hydrogen (secondary N) is 1. The zero-order chi connectivity index (χ0) is 11.4. The van der Waals surface area contributed by atoms with Gasteiger partial charge in [0.15, 0.2) is 0 Å². The molecular formula is C10H19N3O2. The third-order valence-corrected chi connectivity index (χ3v) is 2.91. The highest BCUT2D eigenvalue weighted by Crippen LogP contribution is 2.14. The van der Waals surface area contributed by atoms with Crippen LogP contribution in [-0.2, 0) is 9.59 Å². The molecule has 0 spiro atoms. The molecule has 1 heterocycles. The molecule has 0 radical (unpaired) electrons. The third kappa shape index (κ3) is 2.76. The highest BCUT2D eigenvalue weighted by Gasteiger charge is 2.33. The molecule has 0 aromatic rings. The van der Waals surface area contributed by atoms with E-state index >= 15 is 0 Å². The molecule has 5 nitrogen and oxygen atoms in total. The number of piperazine rings is 1. The number of nitrogens with zero attached hydrogens (tertiary/aromatic N) is 1. The maximum Gasteiger partial charge on any atom is 0.243 e. The van der Waals surface area contributed by atoms with E-state index in [9.17, 15) is 9.59 Å². The molecule has 15 heavy (non-hydrogen) atoms. The van der Waals surface area contributed by atoms with Gasteiger partial charge in [0.1, 0.15) is 0 Å². The number of amides is 2. The molecule has 1 saturated heterocycles. The summed E-state index contributed by atoms with van der Waals surface area (Å²) in [5.41, 5.74) is 5.51. The van der Waals surface area contributed by atoms with E-state index in [1.165, 1.54) is 0 Å². The van der Waals surface area contributed by atoms with Crippen molar-refractivity contribution in [1.29, 1.82) is 0 Å². The molecule has 2 unspecified atom stereocenters. The van der Waals surface area contributed by atoms with Crippen LogP contribution in [0.4, 0.5) is 0 Å². The second-order valence-electron chi connectivity index (χ2n) is 3.90. The van der Waals surface area contributed by atoms with E-state index in [0.717, 1.165) is 12.8 Å². The van der Waals surface area contributed by atoms with Crippen molar-refractivity contribution in [3.63, 3.8) is 0 Å². The second kappa shape index (κ2) is 5.23. The van der Waals surface area contributed by atoms with Crippen molar-refractivity contribution >= 4 is 11.8 Å². The highest BCUT2D eigenvalue weighted by atomic mass is 16.2. The molecule has 2 amide bonds. The quantitative estimate of drug-likeness (QED) is 0.615. The summed E-state index contributed by atoms with van der Waals surface area (Å²) in [7, 11) is 0. The second-order valence-corrected chi connectivity index (χ2v) is 3.90. The summed E-state index contributed by atoms with van der Waals surface area (Å²) >= 11 is 0. The minimum absolute atomic E-state index is 0.207. The van der Waals surface area contributed by atoms with Gasteiger partial charge in [-0.1, -0.05) is 6.92 Å². The van der Waals surface area contributed by atoms with Gasteiger partial charge in [-0.25, -0.2) is 0 Å². The lowest BCUT2D eigenvalue weighted by Crippen LogP contribution is -2.59. The van der Waals surface area contributed by atoms with Gasteiger partial charge in [0.25, 0.3) is 0 Å². The fraction of sp³-hybridized carbons (Fsp3) is 0.800. The lowest BCUT2D eigenvalue weighted by molar-refractivity contribution is -0.141. The number of carbonyl (C=O) groups excluding carboxylic acids is 2. The van der Waals surface area contributed by atoms with Crippen LogP contribution in [0.3, 0.4) is 0 Å². The predicted octanol–water partition coefficient (Wildman–Crippen LogP) is -0.539. The molecule has 0 aromatic heterocycles. The summed E-state index contributed by atoms with van der Waals surface area (Å²) < 4.78 is 0. The Morgan fingerprint density at radius 3 is 2.80 bits per heavy atom. The third-order valence-electron chi connectivity index (χ3n) is 2.91. The van der Waals surface area contributed by atoms with Gasteiger partial charge in [0, 0.05) is 6.04 Å². The topological polar surface area (TPSA) is 75.4 Å². The van der Waals surface area contributed by atoms with Crippen LogP contribution in [0.25, 0.3) is 0 Å². The van der Waals surface area contributed by atoms with Crippen molar-refractivity contribution in [2.45, 2.75) is 38.8 Å². The fourth-order valence-electron chi connectivity index (χ4n) is 1.98. The van der Waals surface area contributed by atoms with E-state index in [1.807, 2.05) is 18.7 Å². The number of carbonyl (C=O) groups is 2. The highest BCUT2D eigenvalue weighted by molar-refractivity contribution is 6.00. The van der Waals surface area contributed by atoms with Crippen LogP contribution in [0.2, 0.25) is 0 Å². The van der Waals surface area contributed by atoms with E-state index < -0.39 is 0 Å². The maximum absolute atomic E-state index is 11.4. The first-order chi connectivity index (χ1) is 7.10. The number of imide groups is 1. The molecular weight excluding hydrogens is 194 g/mol. The van der Waals surface area contributed by atoms with Gasteiger partial charge in [-0.15, -0.1) is 0 Å². The van der Waals surface area contributed by atoms with Gasteiger partial charge in [-0.3, -0.25) is 19.8 Å². The molecule has 1 aliphatic rings. The Bertz CT molecular complexity index is 255. The van der Waals surface area contributed by atoms with Crippen LogP contribution in [0.15, 0.2) is 0 Å². The molecule has 0 bridgehead atoms. The molecule has 0 aliphatic carbocycles. The van der Waals surface area contributed by atoms with Crippen molar-refractivity contribution in [3.8, 4) is 0 Å². The first-order valence-electron chi connectivity index (χ1n) is 5.39. The van der Waals surface area contributed by atoms with Crippen LogP contribution >= 0.6 is 0 Å². The van der Waals surface area contributed by atoms with Crippen molar-refractivity contribution < 1.29 is 9.59 Å². The average Bonchev–Trinajstić information content (AvgIpc) is 2.20. The van der Waals surface area contributed by atoms with Crippen molar-refractivity contribution in [2.75, 3.05) is 13.1 Å². The maximum atomic E-state index is 11.4. The standard InChI is InChI=1S/C10H19N3O2/c1-3-8(4-5-11)13-6-9(14)12-10(15)7(13)2/h7-8H,3-6,11H2,1-2H3,(H,12,14,15). The zero-order valence-corrected chi connectivity index (χ0v) is 9.32. The Morgan fingerprint density at radius 1 is 1.60 bits per heavy atom. The van der Waals surface area contributed by atoms with E-state index in [1.54, 1.807) is 0 Å². The SMILES string of the molecule is CCC(CCN)N1CC(=O)NC(=O)C1C. The van der Waals surface area contributed by atoms with E-state index in [-0.39, 0.29) is 23.9 Å². The van der Waals surface area contributed by atoms with Crippen LogP contribution in [-0.4, -0.2) is 41.9 Å². The Labute approximate surface area is 90.0 Å². The first kappa shape index (κ1) is 12.1. The van der Waals surface area contributed by atoms with E-state index in [0.29, 0.717) is 13.1 Å². The Balaban J connectivity index is 2.72. The number of nitrogens with two attached hydrogens (primary N) is 1. The van der Waals surface area contributed by atoms with Gasteiger partial charge in [0.2, 0.25) is 11.8 Å². The minimum atomic E-state index is -0.237. The summed E-state index contributed by atoms with van der Waals surface area (Å²) in [4.78, 5) is 24.6. The van der Waals surface area contributed by atoms with Gasteiger partial charge >= 0.3 is 0 Å². The zero-order valence-electron chi connectivity index (χ0n) is 9.32. The minimum Gasteiger partial charge on any atom is -0.330 e. The summed E-state index contributed by atoms with van der Waals surface area (Å²) in [5, 5.41) is 2.33. The van der Waals surface area contributed by atoms with Gasteiger partial charge in [-0.05, 0) is 26.3 Å². The molecule has 0 saturated carbocycles. The molecule has 5 heteroatoms. The Morgan fingerprint density at radius 2 is 2.27 bits per heavy atom. The summed E-state index contributed by atoms with van der Waals surface area (Å²) in [6.07, 6.45) is 1.73. The summed E-state index contributed by atoms with van der Waals surface area (Å²) in [6, 6.07) is -0.0146. The van der Waals surface area contributed by atoms with E-state index in [2.05, 4.69) is 5.32 Å². The van der Waals surface area contributed by atoms with Gasteiger partial charge in [0.05, 0.1) is 12.6 Å². The van der Waals surface area contributed by atoms with Crippen molar-refractivity contribution in [2.24, 2.45) is 5.73 Å². The molecule has 86 valence electrons. The Hall–Kier alpha value is -0.940. The molecule has 2 atom stereocenters. The predicted molar refractivity (Wildman–Crippen MR) is 57.1 cm³/mol. The van der Waals surface area contributed by atoms with Gasteiger partial charge in [-0.2, -0.15) is 0 Å². The largest absolute Gasteiger partial charge is 0.330 e. The smallest absolute Gasteiger partial charge is 0.243 e. The van der Waals surface area contributed by atoms with Crippen LogP contribution < -0.4 is 11.1 Å². The normalized spacial score (nSPS) is 25.1. The molecule has 3 N–H and O–H groups in total. The monoisotopic (exact) mass is 213 g/mol. The first-order valence-corrected chi connectivity index (χ1v) is 5.39. The van der Waals surface area contributed by atoms with Crippen LogP contribution in [0.1, 0.15) is 26.7 Å². The van der Waals surface area contributed by atoms with Gasteiger partial charge < -0.3 is 5.73 Å². The van der Waals surface area contributed by atoms with Crippen molar-refractivity contribution in [3.05, 3.63) is 0 Å². The average molecular weight is 213 g/mol. The lowest BCUT2D eigenvalue weighted by atomic mass is 10.0. The van der Waals surface area contributed by atoms with Crippen LogP contribution in [0, 0.1) is 0 Å². The van der Waals surface area contributed by atoms with Crippen molar-refractivity contribution in [1.82, 2.24) is 10.2 Å². The number of hydrogen-bond donors (Lipinski definition) is 2. The van der Waals surface area contributed by atoms with Crippen LogP contribution in [0.5, 0.6) is 0 Å². The molecule has 1 rings (SSSR count). The lowest BCUT2D eigenvalue weighted by Gasteiger charge is -2.37. The molecule has 1 fully saturated rings. The summed E-state index contributed by atoms with van der Waals surface area (Å²) in [5.74, 6) is -0.421. The number of rotatable bonds is 4.